The Morgan fingerprint density at radius 1 is 1.26 bits per heavy atom. The van der Waals surface area contributed by atoms with Crippen LogP contribution >= 0.6 is 35.7 Å². The molecule has 0 aromatic rings. The number of rotatable bonds is 4. The second-order valence-corrected chi connectivity index (χ2v) is 6.81. The number of halogens is 1. The zero-order chi connectivity index (χ0) is 13.4. The Kier molecular flexibility index (Phi) is 10.3. The smallest absolute Gasteiger partial charge is 0.191 e. The Hall–Kier alpha value is 0.310. The number of hydrogen-bond donors (Lipinski definition) is 2. The van der Waals surface area contributed by atoms with Crippen molar-refractivity contribution in [2.24, 2.45) is 4.99 Å². The zero-order valence-electron chi connectivity index (χ0n) is 12.7. The van der Waals surface area contributed by atoms with E-state index in [1.54, 1.807) is 0 Å². The first kappa shape index (κ1) is 19.3. The standard InChI is InChI=1S/C13H28N4S.HI/c1-5-14-12(16-13(2,3)4)15-6-7-17-8-10-18-11-9-17;/h5-11H2,1-4H3,(H2,14,15,16);1H. The Balaban J connectivity index is 0.00000324. The minimum atomic E-state index is 0. The maximum absolute atomic E-state index is 4.64. The summed E-state index contributed by atoms with van der Waals surface area (Å²) >= 11 is 2.05. The minimum Gasteiger partial charge on any atom is -0.357 e. The molecule has 1 aliphatic rings. The van der Waals surface area contributed by atoms with E-state index in [0.717, 1.165) is 25.6 Å². The van der Waals surface area contributed by atoms with Gasteiger partial charge in [-0.2, -0.15) is 11.8 Å². The number of nitrogens with zero attached hydrogens (tertiary/aromatic N) is 2. The predicted molar refractivity (Wildman–Crippen MR) is 98.0 cm³/mol. The lowest BCUT2D eigenvalue weighted by molar-refractivity contribution is 0.311. The van der Waals surface area contributed by atoms with Crippen molar-refractivity contribution in [2.75, 3.05) is 44.2 Å². The molecule has 1 aliphatic heterocycles. The molecule has 0 saturated carbocycles. The van der Waals surface area contributed by atoms with Crippen LogP contribution < -0.4 is 10.6 Å². The van der Waals surface area contributed by atoms with Gasteiger partial charge in [0.15, 0.2) is 5.96 Å². The normalized spacial score (nSPS) is 17.8. The summed E-state index contributed by atoms with van der Waals surface area (Å²) in [7, 11) is 0. The summed E-state index contributed by atoms with van der Waals surface area (Å²) in [4.78, 5) is 7.14. The van der Waals surface area contributed by atoms with Gasteiger partial charge < -0.3 is 10.6 Å². The highest BCUT2D eigenvalue weighted by molar-refractivity contribution is 14.0. The lowest BCUT2D eigenvalue weighted by Gasteiger charge is -2.26. The summed E-state index contributed by atoms with van der Waals surface area (Å²) in [6.07, 6.45) is 0. The summed E-state index contributed by atoms with van der Waals surface area (Å²) in [5.41, 5.74) is 0.0583. The van der Waals surface area contributed by atoms with Crippen molar-refractivity contribution in [2.45, 2.75) is 33.2 Å². The molecule has 0 atom stereocenters. The molecule has 0 bridgehead atoms. The lowest BCUT2D eigenvalue weighted by Crippen LogP contribution is -2.48. The fraction of sp³-hybridized carbons (Fsp3) is 0.923. The summed E-state index contributed by atoms with van der Waals surface area (Å²) in [6.45, 7) is 13.8. The molecule has 1 rings (SSSR count). The van der Waals surface area contributed by atoms with Crippen molar-refractivity contribution in [1.82, 2.24) is 15.5 Å². The van der Waals surface area contributed by atoms with Gasteiger partial charge in [-0.1, -0.05) is 0 Å². The molecule has 0 radical (unpaired) electrons. The highest BCUT2D eigenvalue weighted by Gasteiger charge is 2.12. The molecule has 4 nitrogen and oxygen atoms in total. The second kappa shape index (κ2) is 10.1. The van der Waals surface area contributed by atoms with Crippen molar-refractivity contribution < 1.29 is 0 Å². The maximum atomic E-state index is 4.64. The third-order valence-corrected chi connectivity index (χ3v) is 3.57. The Bertz CT molecular complexity index is 260. The number of hydrogen-bond acceptors (Lipinski definition) is 3. The van der Waals surface area contributed by atoms with E-state index in [4.69, 9.17) is 0 Å². The molecule has 0 amide bonds. The maximum Gasteiger partial charge on any atom is 0.191 e. The van der Waals surface area contributed by atoms with E-state index in [-0.39, 0.29) is 29.5 Å². The highest BCUT2D eigenvalue weighted by atomic mass is 127. The quantitative estimate of drug-likeness (QED) is 0.430. The highest BCUT2D eigenvalue weighted by Crippen LogP contribution is 2.08. The summed E-state index contributed by atoms with van der Waals surface area (Å²) in [6, 6.07) is 0. The molecule has 1 fully saturated rings. The fourth-order valence-electron chi connectivity index (χ4n) is 1.79. The van der Waals surface area contributed by atoms with Crippen LogP contribution in [0, 0.1) is 0 Å². The molecule has 2 N–H and O–H groups in total. The first-order valence-electron chi connectivity index (χ1n) is 6.88. The van der Waals surface area contributed by atoms with Crippen molar-refractivity contribution >= 4 is 41.7 Å². The van der Waals surface area contributed by atoms with E-state index in [0.29, 0.717) is 0 Å². The van der Waals surface area contributed by atoms with Crippen LogP contribution in [0.5, 0.6) is 0 Å². The number of nitrogens with one attached hydrogen (secondary N) is 2. The minimum absolute atomic E-state index is 0. The predicted octanol–water partition coefficient (Wildman–Crippen LogP) is 2.01. The van der Waals surface area contributed by atoms with Crippen LogP contribution in [0.4, 0.5) is 0 Å². The van der Waals surface area contributed by atoms with E-state index >= 15 is 0 Å². The molecular weight excluding hydrogens is 371 g/mol. The van der Waals surface area contributed by atoms with Gasteiger partial charge in [-0.05, 0) is 27.7 Å². The van der Waals surface area contributed by atoms with Crippen LogP contribution in [0.1, 0.15) is 27.7 Å². The average molecular weight is 400 g/mol. The van der Waals surface area contributed by atoms with Gasteiger partial charge in [-0.25, -0.2) is 0 Å². The number of aliphatic imine (C=N–C) groups is 1. The third kappa shape index (κ3) is 9.79. The van der Waals surface area contributed by atoms with Gasteiger partial charge in [-0.15, -0.1) is 24.0 Å². The van der Waals surface area contributed by atoms with Crippen molar-refractivity contribution in [3.05, 3.63) is 0 Å². The van der Waals surface area contributed by atoms with Gasteiger partial charge in [0.25, 0.3) is 0 Å². The molecule has 0 aromatic carbocycles. The Morgan fingerprint density at radius 3 is 2.42 bits per heavy atom. The van der Waals surface area contributed by atoms with Gasteiger partial charge in [0.2, 0.25) is 0 Å². The van der Waals surface area contributed by atoms with Gasteiger partial charge in [-0.3, -0.25) is 9.89 Å². The molecule has 0 spiro atoms. The molecule has 1 heterocycles. The largest absolute Gasteiger partial charge is 0.357 e. The lowest BCUT2D eigenvalue weighted by atomic mass is 10.1. The van der Waals surface area contributed by atoms with Crippen LogP contribution in [0.25, 0.3) is 0 Å². The molecule has 19 heavy (non-hydrogen) atoms. The van der Waals surface area contributed by atoms with E-state index < -0.39 is 0 Å². The molecule has 0 aromatic heterocycles. The van der Waals surface area contributed by atoms with Gasteiger partial charge in [0.1, 0.15) is 0 Å². The number of guanidine groups is 1. The van der Waals surface area contributed by atoms with Gasteiger partial charge in [0.05, 0.1) is 6.54 Å². The van der Waals surface area contributed by atoms with Crippen LogP contribution in [0.3, 0.4) is 0 Å². The van der Waals surface area contributed by atoms with Crippen LogP contribution in [-0.4, -0.2) is 60.6 Å². The molecule has 6 heteroatoms. The van der Waals surface area contributed by atoms with Crippen molar-refractivity contribution in [3.63, 3.8) is 0 Å². The fourth-order valence-corrected chi connectivity index (χ4v) is 2.77. The summed E-state index contributed by atoms with van der Waals surface area (Å²) in [5.74, 6) is 3.46. The molecule has 0 unspecified atom stereocenters. The summed E-state index contributed by atoms with van der Waals surface area (Å²) < 4.78 is 0. The average Bonchev–Trinajstić information content (AvgIpc) is 2.28. The Morgan fingerprint density at radius 2 is 1.89 bits per heavy atom. The van der Waals surface area contributed by atoms with E-state index in [9.17, 15) is 0 Å². The van der Waals surface area contributed by atoms with Crippen molar-refractivity contribution in [1.29, 1.82) is 0 Å². The zero-order valence-corrected chi connectivity index (χ0v) is 15.8. The van der Waals surface area contributed by atoms with Crippen LogP contribution in [0.2, 0.25) is 0 Å². The molecule has 1 saturated heterocycles. The van der Waals surface area contributed by atoms with Gasteiger partial charge >= 0.3 is 0 Å². The van der Waals surface area contributed by atoms with E-state index in [1.165, 1.54) is 24.6 Å². The first-order chi connectivity index (χ1) is 8.51. The van der Waals surface area contributed by atoms with Crippen LogP contribution in [0.15, 0.2) is 4.99 Å². The topological polar surface area (TPSA) is 39.7 Å². The van der Waals surface area contributed by atoms with Crippen molar-refractivity contribution in [3.8, 4) is 0 Å². The summed E-state index contributed by atoms with van der Waals surface area (Å²) in [5, 5.41) is 6.70. The molecular formula is C13H29IN4S. The molecule has 0 aliphatic carbocycles. The van der Waals surface area contributed by atoms with E-state index in [2.05, 4.69) is 60.0 Å². The number of thioether (sulfide) groups is 1. The van der Waals surface area contributed by atoms with Gasteiger partial charge in [0, 0.05) is 43.2 Å². The second-order valence-electron chi connectivity index (χ2n) is 5.59. The first-order valence-corrected chi connectivity index (χ1v) is 8.03. The SMILES string of the molecule is CCNC(=NCCN1CCSCC1)NC(C)(C)C.I. The third-order valence-electron chi connectivity index (χ3n) is 2.63. The van der Waals surface area contributed by atoms with Crippen LogP contribution in [-0.2, 0) is 0 Å². The van der Waals surface area contributed by atoms with E-state index in [1.807, 2.05) is 0 Å². The molecule has 114 valence electrons. The Labute approximate surface area is 139 Å². The monoisotopic (exact) mass is 400 g/mol.